The van der Waals surface area contributed by atoms with Crippen LogP contribution in [0, 0.1) is 0 Å². The molecule has 0 spiro atoms. The van der Waals surface area contributed by atoms with Gasteiger partial charge in [-0.15, -0.1) is 0 Å². The number of nitrogens with one attached hydrogen (secondary N) is 1. The lowest BCUT2D eigenvalue weighted by atomic mass is 10.1. The number of fused-ring (bicyclic) bond motifs is 1. The van der Waals surface area contributed by atoms with E-state index in [1.807, 2.05) is 30.5 Å². The van der Waals surface area contributed by atoms with Crippen LogP contribution in [0.15, 0.2) is 36.5 Å². The molecule has 3 rings (SSSR count). The predicted octanol–water partition coefficient (Wildman–Crippen LogP) is 2.37. The Bertz CT molecular complexity index is 501. The number of ether oxygens (including phenoxy) is 1. The Hall–Kier alpha value is -1.61. The summed E-state index contributed by atoms with van der Waals surface area (Å²) in [4.78, 5) is 4.34. The molecular formula is C14H16N2O. The fourth-order valence-corrected chi connectivity index (χ4v) is 2.27. The van der Waals surface area contributed by atoms with Crippen molar-refractivity contribution >= 4 is 10.9 Å². The summed E-state index contributed by atoms with van der Waals surface area (Å²) in [7, 11) is 0. The molecule has 1 fully saturated rings. The number of piperidine rings is 1. The largest absolute Gasteiger partial charge is 0.490 e. The topological polar surface area (TPSA) is 34.1 Å². The predicted molar refractivity (Wildman–Crippen MR) is 68.3 cm³/mol. The van der Waals surface area contributed by atoms with Crippen molar-refractivity contribution in [2.75, 3.05) is 13.1 Å². The van der Waals surface area contributed by atoms with Gasteiger partial charge in [-0.25, -0.2) is 0 Å². The van der Waals surface area contributed by atoms with Crippen LogP contribution in [0.25, 0.3) is 10.9 Å². The van der Waals surface area contributed by atoms with Crippen molar-refractivity contribution in [1.82, 2.24) is 10.3 Å². The van der Waals surface area contributed by atoms with E-state index in [-0.39, 0.29) is 0 Å². The second kappa shape index (κ2) is 4.72. The van der Waals surface area contributed by atoms with Crippen LogP contribution in [0.5, 0.6) is 5.75 Å². The quantitative estimate of drug-likeness (QED) is 0.856. The first-order chi connectivity index (χ1) is 8.43. The van der Waals surface area contributed by atoms with Crippen molar-refractivity contribution in [2.45, 2.75) is 18.9 Å². The van der Waals surface area contributed by atoms with Crippen LogP contribution in [-0.2, 0) is 0 Å². The monoisotopic (exact) mass is 228 g/mol. The van der Waals surface area contributed by atoms with E-state index in [0.717, 1.165) is 42.6 Å². The molecule has 1 N–H and O–H groups in total. The summed E-state index contributed by atoms with van der Waals surface area (Å²) in [5.41, 5.74) is 0.999. The van der Waals surface area contributed by atoms with Crippen molar-refractivity contribution < 1.29 is 4.74 Å². The van der Waals surface area contributed by atoms with Gasteiger partial charge in [0.05, 0.1) is 5.52 Å². The number of aromatic nitrogens is 1. The fraction of sp³-hybridized carbons (Fsp3) is 0.357. The maximum Gasteiger partial charge on any atom is 0.129 e. The molecular weight excluding hydrogens is 212 g/mol. The molecule has 1 aliphatic heterocycles. The van der Waals surface area contributed by atoms with Gasteiger partial charge < -0.3 is 10.1 Å². The average Bonchev–Trinajstić information content (AvgIpc) is 2.40. The van der Waals surface area contributed by atoms with Gasteiger partial charge in [0.1, 0.15) is 11.9 Å². The molecule has 0 saturated carbocycles. The molecule has 3 heteroatoms. The Morgan fingerprint density at radius 2 is 2.00 bits per heavy atom. The van der Waals surface area contributed by atoms with E-state index in [1.54, 1.807) is 0 Å². The molecule has 1 aromatic carbocycles. The Balaban J connectivity index is 1.89. The van der Waals surface area contributed by atoms with E-state index in [2.05, 4.69) is 16.4 Å². The summed E-state index contributed by atoms with van der Waals surface area (Å²) in [6, 6.07) is 10.1. The van der Waals surface area contributed by atoms with Crippen LogP contribution < -0.4 is 10.1 Å². The molecule has 3 nitrogen and oxygen atoms in total. The third-order valence-corrected chi connectivity index (χ3v) is 3.19. The molecule has 1 aliphatic rings. The highest BCUT2D eigenvalue weighted by Gasteiger charge is 2.15. The molecule has 0 aliphatic carbocycles. The van der Waals surface area contributed by atoms with Crippen LogP contribution in [0.4, 0.5) is 0 Å². The van der Waals surface area contributed by atoms with Crippen LogP contribution in [-0.4, -0.2) is 24.2 Å². The van der Waals surface area contributed by atoms with Gasteiger partial charge in [-0.3, -0.25) is 4.98 Å². The Kier molecular flexibility index (Phi) is 2.92. The molecule has 0 radical (unpaired) electrons. The van der Waals surface area contributed by atoms with Gasteiger partial charge in [0, 0.05) is 11.6 Å². The molecule has 17 heavy (non-hydrogen) atoms. The highest BCUT2D eigenvalue weighted by atomic mass is 16.5. The smallest absolute Gasteiger partial charge is 0.129 e. The van der Waals surface area contributed by atoms with E-state index in [0.29, 0.717) is 6.10 Å². The highest BCUT2D eigenvalue weighted by Crippen LogP contribution is 2.26. The molecule has 2 heterocycles. The number of nitrogens with zero attached hydrogens (tertiary/aromatic N) is 1. The molecule has 88 valence electrons. The average molecular weight is 228 g/mol. The maximum absolute atomic E-state index is 6.09. The van der Waals surface area contributed by atoms with Gasteiger partial charge in [0.15, 0.2) is 0 Å². The van der Waals surface area contributed by atoms with Crippen molar-refractivity contribution in [3.05, 3.63) is 36.5 Å². The van der Waals surface area contributed by atoms with Crippen LogP contribution >= 0.6 is 0 Å². The van der Waals surface area contributed by atoms with Crippen molar-refractivity contribution in [3.63, 3.8) is 0 Å². The Labute approximate surface area is 101 Å². The summed E-state index contributed by atoms with van der Waals surface area (Å²) in [6.07, 6.45) is 4.31. The molecule has 0 bridgehead atoms. The fourth-order valence-electron chi connectivity index (χ4n) is 2.27. The van der Waals surface area contributed by atoms with E-state index in [9.17, 15) is 0 Å². The number of pyridine rings is 1. The van der Waals surface area contributed by atoms with Crippen molar-refractivity contribution in [1.29, 1.82) is 0 Å². The first-order valence-electron chi connectivity index (χ1n) is 6.14. The van der Waals surface area contributed by atoms with Crippen LogP contribution in [0.2, 0.25) is 0 Å². The van der Waals surface area contributed by atoms with E-state index >= 15 is 0 Å². The van der Waals surface area contributed by atoms with Gasteiger partial charge in [-0.05, 0) is 50.2 Å². The number of hydrogen-bond acceptors (Lipinski definition) is 3. The van der Waals surface area contributed by atoms with Gasteiger partial charge in [0.2, 0.25) is 0 Å². The Morgan fingerprint density at radius 3 is 2.88 bits per heavy atom. The van der Waals surface area contributed by atoms with Gasteiger partial charge in [-0.2, -0.15) is 0 Å². The van der Waals surface area contributed by atoms with Gasteiger partial charge in [-0.1, -0.05) is 6.07 Å². The summed E-state index contributed by atoms with van der Waals surface area (Å²) < 4.78 is 6.09. The normalized spacial score (nSPS) is 17.2. The summed E-state index contributed by atoms with van der Waals surface area (Å²) in [5, 5.41) is 4.45. The van der Waals surface area contributed by atoms with Gasteiger partial charge >= 0.3 is 0 Å². The highest BCUT2D eigenvalue weighted by molar-refractivity contribution is 5.84. The zero-order valence-electron chi connectivity index (χ0n) is 9.73. The lowest BCUT2D eigenvalue weighted by Crippen LogP contribution is -2.34. The molecule has 0 unspecified atom stereocenters. The lowest BCUT2D eigenvalue weighted by molar-refractivity contribution is 0.164. The van der Waals surface area contributed by atoms with E-state index < -0.39 is 0 Å². The summed E-state index contributed by atoms with van der Waals surface area (Å²) in [5.74, 6) is 0.961. The first kappa shape index (κ1) is 10.5. The van der Waals surface area contributed by atoms with Crippen molar-refractivity contribution in [3.8, 4) is 5.75 Å². The number of benzene rings is 1. The SMILES string of the molecule is c1cc(OC2CCNCC2)c2cccnc2c1. The minimum Gasteiger partial charge on any atom is -0.490 e. The molecule has 0 amide bonds. The number of rotatable bonds is 2. The summed E-state index contributed by atoms with van der Waals surface area (Å²) in [6.45, 7) is 2.10. The summed E-state index contributed by atoms with van der Waals surface area (Å²) >= 11 is 0. The molecule has 1 aromatic heterocycles. The first-order valence-corrected chi connectivity index (χ1v) is 6.14. The molecule has 2 aromatic rings. The Morgan fingerprint density at radius 1 is 1.12 bits per heavy atom. The number of hydrogen-bond donors (Lipinski definition) is 1. The zero-order chi connectivity index (χ0) is 11.5. The minimum absolute atomic E-state index is 0.335. The second-order valence-corrected chi connectivity index (χ2v) is 4.39. The molecule has 0 atom stereocenters. The molecule has 1 saturated heterocycles. The maximum atomic E-state index is 6.09. The lowest BCUT2D eigenvalue weighted by Gasteiger charge is -2.24. The standard InChI is InChI=1S/C14H16N2O/c1-4-13-12(3-2-8-16-13)14(5-1)17-11-6-9-15-10-7-11/h1-5,8,11,15H,6-7,9-10H2. The van der Waals surface area contributed by atoms with Crippen LogP contribution in [0.3, 0.4) is 0 Å². The zero-order valence-corrected chi connectivity index (χ0v) is 9.73. The minimum atomic E-state index is 0.335. The van der Waals surface area contributed by atoms with Crippen molar-refractivity contribution in [2.24, 2.45) is 0 Å². The van der Waals surface area contributed by atoms with E-state index in [4.69, 9.17) is 4.74 Å². The third-order valence-electron chi connectivity index (χ3n) is 3.19. The third kappa shape index (κ3) is 2.24. The second-order valence-electron chi connectivity index (χ2n) is 4.39. The van der Waals surface area contributed by atoms with Gasteiger partial charge in [0.25, 0.3) is 0 Å². The van der Waals surface area contributed by atoms with Crippen LogP contribution in [0.1, 0.15) is 12.8 Å². The van der Waals surface area contributed by atoms with E-state index in [1.165, 1.54) is 0 Å².